The number of aryl methyl sites for hydroxylation is 1. The second kappa shape index (κ2) is 5.51. The molecule has 1 heterocycles. The summed E-state index contributed by atoms with van der Waals surface area (Å²) in [6, 6.07) is 7.51. The van der Waals surface area contributed by atoms with Crippen LogP contribution in [0.4, 0.5) is 0 Å². The third kappa shape index (κ3) is 2.73. The van der Waals surface area contributed by atoms with Crippen molar-refractivity contribution < 1.29 is 14.6 Å². The molecule has 6 nitrogen and oxygen atoms in total. The minimum Gasteiger partial charge on any atom is -0.496 e. The van der Waals surface area contributed by atoms with E-state index >= 15 is 0 Å². The molecule has 0 saturated carbocycles. The van der Waals surface area contributed by atoms with E-state index in [4.69, 9.17) is 9.84 Å². The number of aromatic nitrogens is 3. The fraction of sp³-hybridized carbons (Fsp3) is 0.308. The largest absolute Gasteiger partial charge is 0.496 e. The Bertz CT molecular complexity index is 593. The first-order valence-electron chi connectivity index (χ1n) is 5.87. The van der Waals surface area contributed by atoms with E-state index in [-0.39, 0.29) is 6.42 Å². The first-order valence-corrected chi connectivity index (χ1v) is 5.87. The Morgan fingerprint density at radius 1 is 1.37 bits per heavy atom. The van der Waals surface area contributed by atoms with Gasteiger partial charge in [0.15, 0.2) is 5.82 Å². The number of hydrogen-bond donors (Lipinski definition) is 1. The molecule has 0 aliphatic heterocycles. The van der Waals surface area contributed by atoms with Gasteiger partial charge in [0.2, 0.25) is 0 Å². The van der Waals surface area contributed by atoms with E-state index < -0.39 is 5.97 Å². The number of ether oxygens (including phenoxy) is 1. The minimum atomic E-state index is -0.846. The van der Waals surface area contributed by atoms with Crippen LogP contribution in [0, 0.1) is 0 Å². The van der Waals surface area contributed by atoms with E-state index in [1.807, 2.05) is 31.3 Å². The first kappa shape index (κ1) is 13.1. The molecule has 0 aliphatic rings. The van der Waals surface area contributed by atoms with Crippen LogP contribution in [-0.4, -0.2) is 33.0 Å². The van der Waals surface area contributed by atoms with E-state index in [2.05, 4.69) is 10.2 Å². The highest BCUT2D eigenvalue weighted by molar-refractivity contribution is 5.67. The summed E-state index contributed by atoms with van der Waals surface area (Å²) in [7, 11) is 3.42. The molecule has 0 bridgehead atoms. The molecule has 0 fully saturated rings. The second-order valence-corrected chi connectivity index (χ2v) is 4.09. The summed E-state index contributed by atoms with van der Waals surface area (Å²) in [4.78, 5) is 10.6. The topological polar surface area (TPSA) is 77.2 Å². The minimum absolute atomic E-state index is 0.0396. The van der Waals surface area contributed by atoms with Crippen LogP contribution in [-0.2, 0) is 18.3 Å². The van der Waals surface area contributed by atoms with Crippen molar-refractivity contribution in [3.8, 4) is 17.1 Å². The van der Waals surface area contributed by atoms with Crippen LogP contribution in [0.5, 0.6) is 5.75 Å². The van der Waals surface area contributed by atoms with Crippen LogP contribution in [0.2, 0.25) is 0 Å². The van der Waals surface area contributed by atoms with Crippen molar-refractivity contribution in [1.82, 2.24) is 14.8 Å². The fourth-order valence-electron chi connectivity index (χ4n) is 1.86. The van der Waals surface area contributed by atoms with Gasteiger partial charge in [-0.3, -0.25) is 4.79 Å². The van der Waals surface area contributed by atoms with Crippen molar-refractivity contribution in [3.63, 3.8) is 0 Å². The number of carbonyl (C=O) groups is 1. The van der Waals surface area contributed by atoms with Crippen LogP contribution in [0.25, 0.3) is 11.4 Å². The molecule has 1 aromatic heterocycles. The standard InChI is InChI=1S/C13H15N3O3/c1-16-11(7-8-12(17)18)14-15-13(16)9-5-3-4-6-10(9)19-2/h3-6H,7-8H2,1-2H3,(H,17,18). The number of carboxylic acids is 1. The zero-order valence-corrected chi connectivity index (χ0v) is 10.8. The number of nitrogens with zero attached hydrogens (tertiary/aromatic N) is 3. The summed E-state index contributed by atoms with van der Waals surface area (Å²) >= 11 is 0. The summed E-state index contributed by atoms with van der Waals surface area (Å²) in [5, 5.41) is 16.8. The lowest BCUT2D eigenvalue weighted by molar-refractivity contribution is -0.137. The van der Waals surface area contributed by atoms with Crippen molar-refractivity contribution in [2.75, 3.05) is 7.11 Å². The quantitative estimate of drug-likeness (QED) is 0.882. The zero-order valence-electron chi connectivity index (χ0n) is 10.8. The Labute approximate surface area is 110 Å². The van der Waals surface area contributed by atoms with Crippen LogP contribution in [0.15, 0.2) is 24.3 Å². The molecular weight excluding hydrogens is 246 g/mol. The van der Waals surface area contributed by atoms with Gasteiger partial charge >= 0.3 is 5.97 Å². The van der Waals surface area contributed by atoms with Gasteiger partial charge in [-0.15, -0.1) is 10.2 Å². The van der Waals surface area contributed by atoms with Gasteiger partial charge in [-0.2, -0.15) is 0 Å². The molecule has 0 aliphatic carbocycles. The van der Waals surface area contributed by atoms with Gasteiger partial charge in [0.1, 0.15) is 11.6 Å². The Balaban J connectivity index is 2.33. The van der Waals surface area contributed by atoms with Crippen molar-refractivity contribution in [2.45, 2.75) is 12.8 Å². The predicted octanol–water partition coefficient (Wildman–Crippen LogP) is 1.51. The SMILES string of the molecule is COc1ccccc1-c1nnc(CCC(=O)O)n1C. The Hall–Kier alpha value is -2.37. The highest BCUT2D eigenvalue weighted by atomic mass is 16.5. The van der Waals surface area contributed by atoms with Crippen molar-refractivity contribution in [1.29, 1.82) is 0 Å². The fourth-order valence-corrected chi connectivity index (χ4v) is 1.86. The molecule has 2 aromatic rings. The van der Waals surface area contributed by atoms with Gasteiger partial charge in [-0.05, 0) is 12.1 Å². The number of rotatable bonds is 5. The molecule has 1 N–H and O–H groups in total. The van der Waals surface area contributed by atoms with E-state index in [9.17, 15) is 4.79 Å². The summed E-state index contributed by atoms with van der Waals surface area (Å²) < 4.78 is 7.08. The molecule has 1 aromatic carbocycles. The molecule has 0 amide bonds. The Morgan fingerprint density at radius 3 is 2.79 bits per heavy atom. The molecule has 0 unspecified atom stereocenters. The number of hydrogen-bond acceptors (Lipinski definition) is 4. The Morgan fingerprint density at radius 2 is 2.11 bits per heavy atom. The lowest BCUT2D eigenvalue weighted by Gasteiger charge is -2.07. The molecule has 0 spiro atoms. The average molecular weight is 261 g/mol. The molecule has 2 rings (SSSR count). The smallest absolute Gasteiger partial charge is 0.303 e. The molecule has 100 valence electrons. The highest BCUT2D eigenvalue weighted by Crippen LogP contribution is 2.28. The molecular formula is C13H15N3O3. The summed E-state index contributed by atoms with van der Waals surface area (Å²) in [5.41, 5.74) is 0.835. The van der Waals surface area contributed by atoms with E-state index in [1.54, 1.807) is 11.7 Å². The lowest BCUT2D eigenvalue weighted by Crippen LogP contribution is -2.04. The van der Waals surface area contributed by atoms with Crippen LogP contribution < -0.4 is 4.74 Å². The van der Waals surface area contributed by atoms with Gasteiger partial charge in [0.05, 0.1) is 19.1 Å². The number of aliphatic carboxylic acids is 1. The van der Waals surface area contributed by atoms with Crippen molar-refractivity contribution in [3.05, 3.63) is 30.1 Å². The highest BCUT2D eigenvalue weighted by Gasteiger charge is 2.14. The number of benzene rings is 1. The van der Waals surface area contributed by atoms with E-state index in [0.717, 1.165) is 5.56 Å². The van der Waals surface area contributed by atoms with Crippen molar-refractivity contribution in [2.24, 2.45) is 7.05 Å². The summed E-state index contributed by atoms with van der Waals surface area (Å²) in [6.45, 7) is 0. The van der Waals surface area contributed by atoms with E-state index in [1.165, 1.54) is 0 Å². The average Bonchev–Trinajstić information content (AvgIpc) is 2.77. The molecule has 0 radical (unpaired) electrons. The normalized spacial score (nSPS) is 10.4. The Kier molecular flexibility index (Phi) is 3.79. The predicted molar refractivity (Wildman–Crippen MR) is 68.9 cm³/mol. The van der Waals surface area contributed by atoms with E-state index in [0.29, 0.717) is 23.8 Å². The number of para-hydroxylation sites is 1. The summed E-state index contributed by atoms with van der Waals surface area (Å²) in [6.07, 6.45) is 0.395. The maximum Gasteiger partial charge on any atom is 0.303 e. The monoisotopic (exact) mass is 261 g/mol. The van der Waals surface area contributed by atoms with Gasteiger partial charge in [0.25, 0.3) is 0 Å². The molecule has 0 atom stereocenters. The molecule has 19 heavy (non-hydrogen) atoms. The lowest BCUT2D eigenvalue weighted by atomic mass is 10.2. The second-order valence-electron chi connectivity index (χ2n) is 4.09. The zero-order chi connectivity index (χ0) is 13.8. The van der Waals surface area contributed by atoms with Gasteiger partial charge < -0.3 is 14.4 Å². The van der Waals surface area contributed by atoms with Gasteiger partial charge in [-0.25, -0.2) is 0 Å². The maximum atomic E-state index is 10.6. The third-order valence-corrected chi connectivity index (χ3v) is 2.88. The van der Waals surface area contributed by atoms with Crippen LogP contribution in [0.3, 0.4) is 0 Å². The van der Waals surface area contributed by atoms with Gasteiger partial charge in [0, 0.05) is 13.5 Å². The molecule has 0 saturated heterocycles. The number of carboxylic acid groups (broad SMARTS) is 1. The van der Waals surface area contributed by atoms with Crippen LogP contribution in [0.1, 0.15) is 12.2 Å². The van der Waals surface area contributed by atoms with Crippen LogP contribution >= 0.6 is 0 Å². The maximum absolute atomic E-state index is 10.6. The van der Waals surface area contributed by atoms with Crippen molar-refractivity contribution >= 4 is 5.97 Å². The van der Waals surface area contributed by atoms with Gasteiger partial charge in [-0.1, -0.05) is 12.1 Å². The summed E-state index contributed by atoms with van der Waals surface area (Å²) in [5.74, 6) is 1.17. The number of methoxy groups -OCH3 is 1. The third-order valence-electron chi connectivity index (χ3n) is 2.88. The first-order chi connectivity index (χ1) is 9.13. The molecule has 6 heteroatoms.